The van der Waals surface area contributed by atoms with E-state index in [9.17, 15) is 0 Å². The average molecular weight is 213 g/mol. The SMILES string of the molecule is CCCCCCC(CC)C(N)(CC)CC. The predicted molar refractivity (Wildman–Crippen MR) is 70.0 cm³/mol. The van der Waals surface area contributed by atoms with E-state index in [0.29, 0.717) is 0 Å². The van der Waals surface area contributed by atoms with Gasteiger partial charge in [-0.25, -0.2) is 0 Å². The molecule has 0 aliphatic carbocycles. The van der Waals surface area contributed by atoms with Crippen LogP contribution < -0.4 is 5.73 Å². The predicted octanol–water partition coefficient (Wildman–Crippen LogP) is 4.50. The first-order valence-electron chi connectivity index (χ1n) is 6.93. The Kier molecular flexibility index (Phi) is 8.13. The standard InChI is InChI=1S/C14H31N/c1-5-9-10-11-12-13(6-2)14(15,7-3)8-4/h13H,5-12,15H2,1-4H3. The van der Waals surface area contributed by atoms with Crippen LogP contribution in [0, 0.1) is 5.92 Å². The lowest BCUT2D eigenvalue weighted by atomic mass is 9.76. The molecular weight excluding hydrogens is 182 g/mol. The molecule has 0 rings (SSSR count). The molecule has 0 aromatic carbocycles. The van der Waals surface area contributed by atoms with Crippen LogP contribution in [0.3, 0.4) is 0 Å². The van der Waals surface area contributed by atoms with Gasteiger partial charge in [-0.05, 0) is 25.2 Å². The molecule has 1 unspecified atom stereocenters. The van der Waals surface area contributed by atoms with Gasteiger partial charge in [-0.1, -0.05) is 59.8 Å². The second kappa shape index (κ2) is 8.15. The molecule has 0 heterocycles. The highest BCUT2D eigenvalue weighted by Crippen LogP contribution is 2.29. The first-order chi connectivity index (χ1) is 7.14. The molecule has 0 radical (unpaired) electrons. The van der Waals surface area contributed by atoms with Gasteiger partial charge in [0, 0.05) is 5.54 Å². The lowest BCUT2D eigenvalue weighted by molar-refractivity contribution is 0.225. The fraction of sp³-hybridized carbons (Fsp3) is 1.00. The minimum Gasteiger partial charge on any atom is -0.325 e. The Morgan fingerprint density at radius 2 is 1.53 bits per heavy atom. The van der Waals surface area contributed by atoms with E-state index in [-0.39, 0.29) is 5.54 Å². The van der Waals surface area contributed by atoms with Crippen LogP contribution in [0.1, 0.15) is 79.1 Å². The Bertz CT molecular complexity index is 138. The molecule has 0 aromatic heterocycles. The summed E-state index contributed by atoms with van der Waals surface area (Å²) in [5.41, 5.74) is 6.56. The van der Waals surface area contributed by atoms with Crippen LogP contribution in [0.2, 0.25) is 0 Å². The summed E-state index contributed by atoms with van der Waals surface area (Å²) in [7, 11) is 0. The van der Waals surface area contributed by atoms with E-state index < -0.39 is 0 Å². The molecule has 1 atom stereocenters. The topological polar surface area (TPSA) is 26.0 Å². The van der Waals surface area contributed by atoms with Crippen LogP contribution in [0.15, 0.2) is 0 Å². The van der Waals surface area contributed by atoms with Gasteiger partial charge < -0.3 is 5.73 Å². The molecule has 0 fully saturated rings. The van der Waals surface area contributed by atoms with Crippen LogP contribution in [0.25, 0.3) is 0 Å². The van der Waals surface area contributed by atoms with Gasteiger partial charge in [-0.3, -0.25) is 0 Å². The quantitative estimate of drug-likeness (QED) is 0.561. The minimum absolute atomic E-state index is 0.0982. The van der Waals surface area contributed by atoms with Crippen molar-refractivity contribution in [2.45, 2.75) is 84.6 Å². The summed E-state index contributed by atoms with van der Waals surface area (Å²) in [6, 6.07) is 0. The fourth-order valence-electron chi connectivity index (χ4n) is 2.54. The summed E-state index contributed by atoms with van der Waals surface area (Å²) in [4.78, 5) is 0. The normalized spacial score (nSPS) is 14.2. The van der Waals surface area contributed by atoms with E-state index >= 15 is 0 Å². The lowest BCUT2D eigenvalue weighted by Crippen LogP contribution is -2.45. The fourth-order valence-corrected chi connectivity index (χ4v) is 2.54. The lowest BCUT2D eigenvalue weighted by Gasteiger charge is -2.36. The van der Waals surface area contributed by atoms with Gasteiger partial charge in [0.1, 0.15) is 0 Å². The first-order valence-corrected chi connectivity index (χ1v) is 6.93. The third-order valence-corrected chi connectivity index (χ3v) is 4.03. The van der Waals surface area contributed by atoms with Crippen LogP contribution in [0.4, 0.5) is 0 Å². The highest BCUT2D eigenvalue weighted by molar-refractivity contribution is 4.88. The number of hydrogen-bond donors (Lipinski definition) is 1. The molecule has 1 nitrogen and oxygen atoms in total. The summed E-state index contributed by atoms with van der Waals surface area (Å²) >= 11 is 0. The number of rotatable bonds is 9. The maximum Gasteiger partial charge on any atom is 0.0177 e. The highest BCUT2D eigenvalue weighted by Gasteiger charge is 2.29. The third kappa shape index (κ3) is 5.01. The molecule has 0 aliphatic heterocycles. The van der Waals surface area contributed by atoms with E-state index in [2.05, 4.69) is 27.7 Å². The van der Waals surface area contributed by atoms with Crippen LogP contribution in [-0.2, 0) is 0 Å². The van der Waals surface area contributed by atoms with Crippen molar-refractivity contribution in [3.63, 3.8) is 0 Å². The van der Waals surface area contributed by atoms with Gasteiger partial charge in [-0.15, -0.1) is 0 Å². The Hall–Kier alpha value is -0.0400. The average Bonchev–Trinajstić information content (AvgIpc) is 2.28. The summed E-state index contributed by atoms with van der Waals surface area (Å²) in [6.45, 7) is 9.02. The van der Waals surface area contributed by atoms with Gasteiger partial charge in [0.05, 0.1) is 0 Å². The highest BCUT2D eigenvalue weighted by atomic mass is 14.7. The molecule has 1 heteroatoms. The largest absolute Gasteiger partial charge is 0.325 e. The van der Waals surface area contributed by atoms with E-state index in [1.807, 2.05) is 0 Å². The van der Waals surface area contributed by atoms with Gasteiger partial charge in [0.15, 0.2) is 0 Å². The molecule has 0 saturated carbocycles. The molecule has 0 saturated heterocycles. The van der Waals surface area contributed by atoms with Gasteiger partial charge >= 0.3 is 0 Å². The van der Waals surface area contributed by atoms with Crippen molar-refractivity contribution in [1.29, 1.82) is 0 Å². The molecular formula is C14H31N. The zero-order valence-electron chi connectivity index (χ0n) is 11.3. The summed E-state index contributed by atoms with van der Waals surface area (Å²) < 4.78 is 0. The van der Waals surface area contributed by atoms with Gasteiger partial charge in [0.2, 0.25) is 0 Å². The van der Waals surface area contributed by atoms with Crippen LogP contribution in [0.5, 0.6) is 0 Å². The maximum absolute atomic E-state index is 6.47. The summed E-state index contributed by atoms with van der Waals surface area (Å²) in [5.74, 6) is 0.726. The Morgan fingerprint density at radius 3 is 1.93 bits per heavy atom. The third-order valence-electron chi connectivity index (χ3n) is 4.03. The number of hydrogen-bond acceptors (Lipinski definition) is 1. The molecule has 0 aromatic rings. The second-order valence-electron chi connectivity index (χ2n) is 4.89. The van der Waals surface area contributed by atoms with Crippen molar-refractivity contribution in [3.8, 4) is 0 Å². The Morgan fingerprint density at radius 1 is 0.933 bits per heavy atom. The van der Waals surface area contributed by atoms with Gasteiger partial charge in [0.25, 0.3) is 0 Å². The van der Waals surface area contributed by atoms with E-state index in [4.69, 9.17) is 5.73 Å². The zero-order valence-corrected chi connectivity index (χ0v) is 11.3. The van der Waals surface area contributed by atoms with Crippen molar-refractivity contribution >= 4 is 0 Å². The van der Waals surface area contributed by atoms with Crippen molar-refractivity contribution in [2.75, 3.05) is 0 Å². The summed E-state index contributed by atoms with van der Waals surface area (Å²) in [6.07, 6.45) is 10.3. The van der Waals surface area contributed by atoms with E-state index in [1.165, 1.54) is 38.5 Å². The second-order valence-corrected chi connectivity index (χ2v) is 4.89. The molecule has 15 heavy (non-hydrogen) atoms. The van der Waals surface area contributed by atoms with E-state index in [0.717, 1.165) is 18.8 Å². The number of nitrogens with two attached hydrogens (primary N) is 1. The monoisotopic (exact) mass is 213 g/mol. The number of unbranched alkanes of at least 4 members (excludes halogenated alkanes) is 3. The van der Waals surface area contributed by atoms with Crippen molar-refractivity contribution in [2.24, 2.45) is 11.7 Å². The van der Waals surface area contributed by atoms with Crippen LogP contribution in [-0.4, -0.2) is 5.54 Å². The van der Waals surface area contributed by atoms with Crippen molar-refractivity contribution in [1.82, 2.24) is 0 Å². The zero-order chi connectivity index (χ0) is 11.7. The minimum atomic E-state index is 0.0982. The molecule has 92 valence electrons. The molecule has 0 spiro atoms. The Balaban J connectivity index is 3.99. The maximum atomic E-state index is 6.47. The van der Waals surface area contributed by atoms with Crippen molar-refractivity contribution in [3.05, 3.63) is 0 Å². The first kappa shape index (κ1) is 15.0. The summed E-state index contributed by atoms with van der Waals surface area (Å²) in [5, 5.41) is 0. The van der Waals surface area contributed by atoms with E-state index in [1.54, 1.807) is 0 Å². The van der Waals surface area contributed by atoms with Crippen molar-refractivity contribution < 1.29 is 0 Å². The molecule has 0 aliphatic rings. The molecule has 0 amide bonds. The Labute approximate surface area is 96.8 Å². The molecule has 2 N–H and O–H groups in total. The van der Waals surface area contributed by atoms with Gasteiger partial charge in [-0.2, -0.15) is 0 Å². The molecule has 0 bridgehead atoms. The van der Waals surface area contributed by atoms with Crippen LogP contribution >= 0.6 is 0 Å². The smallest absolute Gasteiger partial charge is 0.0177 e.